The zero-order valence-electron chi connectivity index (χ0n) is 47.0. The van der Waals surface area contributed by atoms with Gasteiger partial charge in [0.15, 0.2) is 0 Å². The number of aliphatic hydroxyl groups is 1. The summed E-state index contributed by atoms with van der Waals surface area (Å²) in [6.45, 7) is 4.70. The first-order chi connectivity index (χ1) is 33.5. The van der Waals surface area contributed by atoms with E-state index in [2.05, 4.69) is 19.2 Å². The standard InChI is InChI=1S/C60H121N2O6P/c1-6-8-10-12-14-16-18-20-22-24-25-26-27-28-29-30-31-32-33-34-35-36-38-40-42-44-46-48-50-52-54-60(64)61-58(57-68-69(65,66)67-56-55-62(3,4)5)59(63)53-51-49-47-45-43-41-39-37-23-21-19-17-15-13-11-9-7-2/h51,53,58-59,63H,6-50,52,54-57H2,1-5H3,(H-,61,64,65,66)/b53-51+. The minimum Gasteiger partial charge on any atom is -0.756 e. The number of aliphatic hydroxyl groups excluding tert-OH is 1. The van der Waals surface area contributed by atoms with Gasteiger partial charge in [-0.3, -0.25) is 9.36 Å². The van der Waals surface area contributed by atoms with Gasteiger partial charge in [0.05, 0.1) is 39.9 Å². The lowest BCUT2D eigenvalue weighted by Gasteiger charge is -2.29. The zero-order valence-corrected chi connectivity index (χ0v) is 47.9. The Balaban J connectivity index is 4.04. The fourth-order valence-electron chi connectivity index (χ4n) is 9.45. The molecule has 0 aromatic heterocycles. The van der Waals surface area contributed by atoms with E-state index in [1.54, 1.807) is 6.08 Å². The summed E-state index contributed by atoms with van der Waals surface area (Å²) in [4.78, 5) is 25.5. The lowest BCUT2D eigenvalue weighted by molar-refractivity contribution is -0.870. The molecule has 0 radical (unpaired) electrons. The van der Waals surface area contributed by atoms with Gasteiger partial charge < -0.3 is 28.8 Å². The second-order valence-electron chi connectivity index (χ2n) is 22.4. The molecule has 0 spiro atoms. The van der Waals surface area contributed by atoms with Crippen LogP contribution in [0.15, 0.2) is 12.2 Å². The predicted molar refractivity (Wildman–Crippen MR) is 298 cm³/mol. The number of allylic oxidation sites excluding steroid dienone is 1. The SMILES string of the molecule is CCCCCCCCCCCCCCCCC/C=C/C(O)C(COP(=O)([O-])OCC[N+](C)(C)C)NC(=O)CCCCCCCCCCCCCCCCCCCCCCCCCCCCCCCC. The van der Waals surface area contributed by atoms with Gasteiger partial charge in [0, 0.05) is 6.42 Å². The molecule has 9 heteroatoms. The van der Waals surface area contributed by atoms with Crippen molar-refractivity contribution in [1.29, 1.82) is 0 Å². The monoisotopic (exact) mass is 997 g/mol. The summed E-state index contributed by atoms with van der Waals surface area (Å²) in [6.07, 6.45) is 64.5. The summed E-state index contributed by atoms with van der Waals surface area (Å²) in [5.41, 5.74) is 0. The third kappa shape index (κ3) is 54.8. The maximum Gasteiger partial charge on any atom is 0.268 e. The fourth-order valence-corrected chi connectivity index (χ4v) is 10.2. The van der Waals surface area contributed by atoms with Crippen LogP contribution in [0, 0.1) is 0 Å². The van der Waals surface area contributed by atoms with Gasteiger partial charge in [0.2, 0.25) is 5.91 Å². The lowest BCUT2D eigenvalue weighted by Crippen LogP contribution is -2.45. The maximum absolute atomic E-state index is 13.0. The van der Waals surface area contributed by atoms with Crippen LogP contribution in [0.5, 0.6) is 0 Å². The Morgan fingerprint density at radius 3 is 1.09 bits per heavy atom. The number of carbonyl (C=O) groups is 1. The number of phosphoric ester groups is 1. The highest BCUT2D eigenvalue weighted by Gasteiger charge is 2.23. The molecule has 0 saturated carbocycles. The van der Waals surface area contributed by atoms with Gasteiger partial charge in [0.25, 0.3) is 7.82 Å². The van der Waals surface area contributed by atoms with Crippen molar-refractivity contribution in [2.75, 3.05) is 40.9 Å². The third-order valence-corrected chi connectivity index (χ3v) is 15.2. The van der Waals surface area contributed by atoms with Crippen molar-refractivity contribution in [2.45, 2.75) is 328 Å². The highest BCUT2D eigenvalue weighted by atomic mass is 31.2. The molecule has 0 aliphatic carbocycles. The van der Waals surface area contributed by atoms with E-state index in [0.717, 1.165) is 38.5 Å². The van der Waals surface area contributed by atoms with E-state index in [1.807, 2.05) is 27.2 Å². The number of likely N-dealkylation sites (N-methyl/N-ethyl adjacent to an activating group) is 1. The Morgan fingerprint density at radius 1 is 0.493 bits per heavy atom. The number of nitrogens with zero attached hydrogens (tertiary/aromatic N) is 1. The first-order valence-corrected chi connectivity index (χ1v) is 32.0. The van der Waals surface area contributed by atoms with Crippen LogP contribution in [-0.2, 0) is 18.4 Å². The van der Waals surface area contributed by atoms with Crippen LogP contribution < -0.4 is 10.2 Å². The average molecular weight is 998 g/mol. The Labute approximate surface area is 431 Å². The molecular weight excluding hydrogens is 876 g/mol. The molecule has 3 unspecified atom stereocenters. The maximum atomic E-state index is 13.0. The minimum atomic E-state index is -4.59. The lowest BCUT2D eigenvalue weighted by atomic mass is 10.0. The van der Waals surface area contributed by atoms with Crippen LogP contribution in [-0.4, -0.2) is 68.5 Å². The highest BCUT2D eigenvalue weighted by Crippen LogP contribution is 2.38. The number of carbonyl (C=O) groups excluding carboxylic acids is 1. The molecule has 0 saturated heterocycles. The van der Waals surface area contributed by atoms with E-state index in [-0.39, 0.29) is 19.1 Å². The average Bonchev–Trinajstić information content (AvgIpc) is 3.31. The third-order valence-electron chi connectivity index (χ3n) is 14.2. The predicted octanol–water partition coefficient (Wildman–Crippen LogP) is 18.0. The van der Waals surface area contributed by atoms with Crippen LogP contribution in [0.25, 0.3) is 0 Å². The number of nitrogens with one attached hydrogen (secondary N) is 1. The molecule has 0 bridgehead atoms. The van der Waals surface area contributed by atoms with Crippen LogP contribution in [0.2, 0.25) is 0 Å². The molecule has 0 aromatic rings. The number of rotatable bonds is 57. The Hall–Kier alpha value is -0.760. The number of amides is 1. The van der Waals surface area contributed by atoms with E-state index in [9.17, 15) is 19.4 Å². The molecule has 0 fully saturated rings. The highest BCUT2D eigenvalue weighted by molar-refractivity contribution is 7.45. The molecule has 0 aromatic carbocycles. The topological polar surface area (TPSA) is 108 Å². The van der Waals surface area contributed by atoms with E-state index in [1.165, 1.54) is 257 Å². The van der Waals surface area contributed by atoms with Gasteiger partial charge in [0.1, 0.15) is 13.2 Å². The molecule has 412 valence electrons. The summed E-state index contributed by atoms with van der Waals surface area (Å²) in [6, 6.07) is -0.882. The molecule has 0 aliphatic rings. The van der Waals surface area contributed by atoms with Gasteiger partial charge in [-0.1, -0.05) is 302 Å². The van der Waals surface area contributed by atoms with E-state index in [0.29, 0.717) is 17.4 Å². The number of hydrogen-bond acceptors (Lipinski definition) is 6. The first kappa shape index (κ1) is 68.2. The summed E-state index contributed by atoms with van der Waals surface area (Å²) in [7, 11) is 1.28. The molecular formula is C60H121N2O6P. The molecule has 0 aliphatic heterocycles. The molecule has 8 nitrogen and oxygen atoms in total. The van der Waals surface area contributed by atoms with Crippen LogP contribution >= 0.6 is 7.82 Å². The zero-order chi connectivity index (χ0) is 50.6. The van der Waals surface area contributed by atoms with Crippen molar-refractivity contribution < 1.29 is 32.9 Å². The molecule has 1 amide bonds. The van der Waals surface area contributed by atoms with E-state index >= 15 is 0 Å². The summed E-state index contributed by atoms with van der Waals surface area (Å²) >= 11 is 0. The number of unbranched alkanes of at least 4 members (excludes halogenated alkanes) is 44. The number of hydrogen-bond donors (Lipinski definition) is 2. The van der Waals surface area contributed by atoms with Gasteiger partial charge in [-0.05, 0) is 19.3 Å². The van der Waals surface area contributed by atoms with Crippen molar-refractivity contribution in [1.82, 2.24) is 5.32 Å². The number of quaternary nitrogens is 1. The molecule has 0 rings (SSSR count). The molecule has 69 heavy (non-hydrogen) atoms. The summed E-state index contributed by atoms with van der Waals surface area (Å²) in [5, 5.41) is 13.9. The second-order valence-corrected chi connectivity index (χ2v) is 23.8. The Bertz CT molecular complexity index is 1130. The van der Waals surface area contributed by atoms with Gasteiger partial charge >= 0.3 is 0 Å². The largest absolute Gasteiger partial charge is 0.756 e. The van der Waals surface area contributed by atoms with Gasteiger partial charge in [-0.15, -0.1) is 0 Å². The van der Waals surface area contributed by atoms with E-state index < -0.39 is 20.0 Å². The first-order valence-electron chi connectivity index (χ1n) is 30.6. The van der Waals surface area contributed by atoms with Crippen molar-refractivity contribution >= 4 is 13.7 Å². The van der Waals surface area contributed by atoms with E-state index in [4.69, 9.17) is 9.05 Å². The second kappa shape index (κ2) is 52.1. The molecule has 2 N–H and O–H groups in total. The van der Waals surface area contributed by atoms with Crippen molar-refractivity contribution in [3.8, 4) is 0 Å². The van der Waals surface area contributed by atoms with Crippen LogP contribution in [0.3, 0.4) is 0 Å². The Kier molecular flexibility index (Phi) is 51.5. The quantitative estimate of drug-likeness (QED) is 0.0272. The smallest absolute Gasteiger partial charge is 0.268 e. The van der Waals surface area contributed by atoms with Crippen molar-refractivity contribution in [2.24, 2.45) is 0 Å². The van der Waals surface area contributed by atoms with Gasteiger partial charge in [-0.25, -0.2) is 0 Å². The van der Waals surface area contributed by atoms with Crippen LogP contribution in [0.1, 0.15) is 316 Å². The normalized spacial score (nSPS) is 13.9. The van der Waals surface area contributed by atoms with Crippen molar-refractivity contribution in [3.05, 3.63) is 12.2 Å². The molecule has 0 heterocycles. The molecule has 3 atom stereocenters. The summed E-state index contributed by atoms with van der Waals surface area (Å²) < 4.78 is 23.4. The fraction of sp³-hybridized carbons (Fsp3) is 0.950. The van der Waals surface area contributed by atoms with Crippen LogP contribution in [0.4, 0.5) is 0 Å². The number of phosphoric acid groups is 1. The minimum absolute atomic E-state index is 0.00268. The van der Waals surface area contributed by atoms with Gasteiger partial charge in [-0.2, -0.15) is 0 Å². The summed E-state index contributed by atoms with van der Waals surface area (Å²) in [5.74, 6) is -0.189. The Morgan fingerprint density at radius 2 is 0.783 bits per heavy atom. The van der Waals surface area contributed by atoms with Crippen molar-refractivity contribution in [3.63, 3.8) is 0 Å².